The van der Waals surface area contributed by atoms with Gasteiger partial charge < -0.3 is 14.2 Å². The van der Waals surface area contributed by atoms with Crippen LogP contribution in [-0.2, 0) is 9.53 Å². The van der Waals surface area contributed by atoms with E-state index in [1.165, 1.54) is 0 Å². The first-order chi connectivity index (χ1) is 11.5. The second-order valence-corrected chi connectivity index (χ2v) is 5.71. The number of ketones is 1. The monoisotopic (exact) mass is 326 g/mol. The molecule has 0 saturated heterocycles. The second kappa shape index (κ2) is 6.74. The summed E-state index contributed by atoms with van der Waals surface area (Å²) >= 11 is 0. The molecule has 0 saturated carbocycles. The number of para-hydroxylation sites is 2. The molecule has 0 N–H and O–H groups in total. The van der Waals surface area contributed by atoms with Gasteiger partial charge in [0.15, 0.2) is 18.1 Å². The molecule has 5 nitrogen and oxygen atoms in total. The zero-order valence-corrected chi connectivity index (χ0v) is 13.6. The number of rotatable bonds is 4. The van der Waals surface area contributed by atoms with Gasteiger partial charge in [-0.05, 0) is 37.6 Å². The Morgan fingerprint density at radius 2 is 1.88 bits per heavy atom. The predicted octanol–water partition coefficient (Wildman–Crippen LogP) is 2.87. The number of fused-ring (bicyclic) bond motifs is 1. The summed E-state index contributed by atoms with van der Waals surface area (Å²) in [7, 11) is 0. The molecule has 0 unspecified atom stereocenters. The van der Waals surface area contributed by atoms with Crippen molar-refractivity contribution >= 4 is 11.8 Å². The van der Waals surface area contributed by atoms with Crippen molar-refractivity contribution in [3.05, 3.63) is 59.2 Å². The average Bonchev–Trinajstić information content (AvgIpc) is 2.61. The first kappa shape index (κ1) is 16.1. The third kappa shape index (κ3) is 3.40. The zero-order valence-electron chi connectivity index (χ0n) is 13.6. The Hall–Kier alpha value is -2.82. The van der Waals surface area contributed by atoms with Gasteiger partial charge in [-0.1, -0.05) is 29.8 Å². The van der Waals surface area contributed by atoms with Crippen LogP contribution in [-0.4, -0.2) is 31.1 Å². The fourth-order valence-corrected chi connectivity index (χ4v) is 2.48. The molecule has 1 aliphatic heterocycles. The lowest BCUT2D eigenvalue weighted by atomic mass is 10.0. The largest absolute Gasteiger partial charge is 0.485 e. The molecule has 0 aromatic heterocycles. The second-order valence-electron chi connectivity index (χ2n) is 5.71. The molecule has 0 aliphatic carbocycles. The molecule has 0 radical (unpaired) electrons. The molecule has 0 fully saturated rings. The first-order valence-corrected chi connectivity index (χ1v) is 7.70. The summed E-state index contributed by atoms with van der Waals surface area (Å²) in [5.74, 6) is 0.240. The van der Waals surface area contributed by atoms with Crippen molar-refractivity contribution in [3.8, 4) is 11.5 Å². The van der Waals surface area contributed by atoms with Crippen LogP contribution in [0.15, 0.2) is 42.5 Å². The van der Waals surface area contributed by atoms with Crippen molar-refractivity contribution in [2.75, 3.05) is 13.2 Å². The minimum atomic E-state index is -0.869. The van der Waals surface area contributed by atoms with Gasteiger partial charge in [0.1, 0.15) is 6.61 Å². The van der Waals surface area contributed by atoms with Crippen LogP contribution in [0.25, 0.3) is 0 Å². The summed E-state index contributed by atoms with van der Waals surface area (Å²) in [6, 6.07) is 12.7. The maximum atomic E-state index is 12.3. The standard InChI is InChI=1S/C19H18O5/c1-12-7-8-13(2)14(9-12)15(20)10-23-19(21)18-11-22-16-5-3-4-6-17(16)24-18/h3-9,18H,10-11H2,1-2H3/t18-/m1/s1. The van der Waals surface area contributed by atoms with Gasteiger partial charge in [0.05, 0.1) is 0 Å². The Balaban J connectivity index is 1.60. The molecule has 1 aliphatic rings. The maximum absolute atomic E-state index is 12.3. The number of benzene rings is 2. The lowest BCUT2D eigenvalue weighted by Gasteiger charge is -2.24. The molecule has 1 heterocycles. The molecule has 24 heavy (non-hydrogen) atoms. The molecular formula is C19H18O5. The molecule has 0 spiro atoms. The van der Waals surface area contributed by atoms with E-state index in [2.05, 4.69) is 0 Å². The fourth-order valence-electron chi connectivity index (χ4n) is 2.48. The predicted molar refractivity (Wildman–Crippen MR) is 87.6 cm³/mol. The summed E-state index contributed by atoms with van der Waals surface area (Å²) in [4.78, 5) is 24.4. The van der Waals surface area contributed by atoms with Crippen LogP contribution in [0.1, 0.15) is 21.5 Å². The molecule has 2 aromatic rings. The minimum absolute atomic E-state index is 0.0630. The molecule has 124 valence electrons. The fraction of sp³-hybridized carbons (Fsp3) is 0.263. The van der Waals surface area contributed by atoms with Crippen LogP contribution in [0.5, 0.6) is 11.5 Å². The molecule has 2 aromatic carbocycles. The quantitative estimate of drug-likeness (QED) is 0.638. The molecule has 0 bridgehead atoms. The Labute approximate surface area is 140 Å². The van der Waals surface area contributed by atoms with E-state index >= 15 is 0 Å². The number of carbonyl (C=O) groups excluding carboxylic acids is 2. The van der Waals surface area contributed by atoms with Crippen molar-refractivity contribution in [2.45, 2.75) is 20.0 Å². The minimum Gasteiger partial charge on any atom is -0.485 e. The summed E-state index contributed by atoms with van der Waals surface area (Å²) in [5.41, 5.74) is 2.40. The summed E-state index contributed by atoms with van der Waals surface area (Å²) in [6.45, 7) is 3.51. The van der Waals surface area contributed by atoms with Gasteiger partial charge in [-0.15, -0.1) is 0 Å². The number of hydrogen-bond donors (Lipinski definition) is 0. The summed E-state index contributed by atoms with van der Waals surface area (Å²) < 4.78 is 16.2. The average molecular weight is 326 g/mol. The van der Waals surface area contributed by atoms with Gasteiger partial charge in [0.25, 0.3) is 0 Å². The van der Waals surface area contributed by atoms with E-state index in [1.807, 2.05) is 32.0 Å². The lowest BCUT2D eigenvalue weighted by molar-refractivity contribution is -0.153. The van der Waals surface area contributed by atoms with Gasteiger partial charge >= 0.3 is 5.97 Å². The van der Waals surface area contributed by atoms with E-state index in [-0.39, 0.29) is 19.0 Å². The molecular weight excluding hydrogens is 308 g/mol. The van der Waals surface area contributed by atoms with Gasteiger partial charge in [0, 0.05) is 5.56 Å². The van der Waals surface area contributed by atoms with Gasteiger partial charge in [0.2, 0.25) is 11.9 Å². The van der Waals surface area contributed by atoms with Crippen molar-refractivity contribution < 1.29 is 23.8 Å². The number of carbonyl (C=O) groups is 2. The van der Waals surface area contributed by atoms with E-state index in [4.69, 9.17) is 14.2 Å². The van der Waals surface area contributed by atoms with Crippen LogP contribution in [0.4, 0.5) is 0 Å². The normalized spacial score (nSPS) is 15.7. The third-order valence-corrected chi connectivity index (χ3v) is 3.81. The highest BCUT2D eigenvalue weighted by Gasteiger charge is 2.29. The number of Topliss-reactive ketones (excluding diaryl/α,β-unsaturated/α-hetero) is 1. The number of ether oxygens (including phenoxy) is 3. The van der Waals surface area contributed by atoms with Gasteiger partial charge in [-0.2, -0.15) is 0 Å². The number of aryl methyl sites for hydroxylation is 2. The Bertz CT molecular complexity index is 781. The van der Waals surface area contributed by atoms with Crippen LogP contribution in [0.3, 0.4) is 0 Å². The van der Waals surface area contributed by atoms with Crippen molar-refractivity contribution in [1.82, 2.24) is 0 Å². The van der Waals surface area contributed by atoms with Crippen LogP contribution >= 0.6 is 0 Å². The van der Waals surface area contributed by atoms with Crippen LogP contribution in [0, 0.1) is 13.8 Å². The topological polar surface area (TPSA) is 61.8 Å². The molecule has 0 amide bonds. The van der Waals surface area contributed by atoms with Crippen LogP contribution in [0.2, 0.25) is 0 Å². The van der Waals surface area contributed by atoms with E-state index in [0.29, 0.717) is 17.1 Å². The van der Waals surface area contributed by atoms with Crippen molar-refractivity contribution in [1.29, 1.82) is 0 Å². The number of esters is 1. The van der Waals surface area contributed by atoms with Gasteiger partial charge in [-0.25, -0.2) is 4.79 Å². The van der Waals surface area contributed by atoms with E-state index in [0.717, 1.165) is 11.1 Å². The lowest BCUT2D eigenvalue weighted by Crippen LogP contribution is -2.38. The molecule has 1 atom stereocenters. The maximum Gasteiger partial charge on any atom is 0.351 e. The Kier molecular flexibility index (Phi) is 4.51. The summed E-state index contributed by atoms with van der Waals surface area (Å²) in [6.07, 6.45) is -0.869. The molecule has 3 rings (SSSR count). The number of hydrogen-bond acceptors (Lipinski definition) is 5. The Morgan fingerprint density at radius 1 is 1.12 bits per heavy atom. The van der Waals surface area contributed by atoms with E-state index < -0.39 is 12.1 Å². The summed E-state index contributed by atoms with van der Waals surface area (Å²) in [5, 5.41) is 0. The zero-order chi connectivity index (χ0) is 17.1. The highest BCUT2D eigenvalue weighted by atomic mass is 16.6. The first-order valence-electron chi connectivity index (χ1n) is 7.70. The smallest absolute Gasteiger partial charge is 0.351 e. The van der Waals surface area contributed by atoms with Crippen molar-refractivity contribution in [2.24, 2.45) is 0 Å². The molecule has 5 heteroatoms. The van der Waals surface area contributed by atoms with Gasteiger partial charge in [-0.3, -0.25) is 4.79 Å². The highest BCUT2D eigenvalue weighted by Crippen LogP contribution is 2.31. The highest BCUT2D eigenvalue weighted by molar-refractivity contribution is 5.99. The Morgan fingerprint density at radius 3 is 2.67 bits per heavy atom. The van der Waals surface area contributed by atoms with E-state index in [1.54, 1.807) is 24.3 Å². The SMILES string of the molecule is Cc1ccc(C)c(C(=O)COC(=O)[C@H]2COc3ccccc3O2)c1. The van der Waals surface area contributed by atoms with E-state index in [9.17, 15) is 9.59 Å². The van der Waals surface area contributed by atoms with Crippen LogP contribution < -0.4 is 9.47 Å². The third-order valence-electron chi connectivity index (χ3n) is 3.81. The van der Waals surface area contributed by atoms with Crippen molar-refractivity contribution in [3.63, 3.8) is 0 Å².